The normalized spacial score (nSPS) is 10.2. The molecular formula is C21H24N2O6. The van der Waals surface area contributed by atoms with Gasteiger partial charge in [-0.1, -0.05) is 6.07 Å². The molecule has 2 aromatic rings. The van der Waals surface area contributed by atoms with E-state index in [1.807, 2.05) is 6.92 Å². The maximum Gasteiger partial charge on any atom is 0.338 e. The molecule has 154 valence electrons. The lowest BCUT2D eigenvalue weighted by molar-refractivity contribution is -0.119. The van der Waals surface area contributed by atoms with Gasteiger partial charge in [-0.2, -0.15) is 0 Å². The maximum atomic E-state index is 12.3. The molecule has 2 rings (SSSR count). The molecule has 2 amide bonds. The van der Waals surface area contributed by atoms with Gasteiger partial charge < -0.3 is 24.8 Å². The molecule has 2 N–H and O–H groups in total. The van der Waals surface area contributed by atoms with Gasteiger partial charge >= 0.3 is 5.97 Å². The summed E-state index contributed by atoms with van der Waals surface area (Å²) in [6.07, 6.45) is 0. The van der Waals surface area contributed by atoms with E-state index < -0.39 is 18.5 Å². The van der Waals surface area contributed by atoms with Crippen LogP contribution >= 0.6 is 0 Å². The van der Waals surface area contributed by atoms with Crippen molar-refractivity contribution in [2.24, 2.45) is 0 Å². The Balaban J connectivity index is 1.94. The smallest absolute Gasteiger partial charge is 0.338 e. The molecule has 8 nitrogen and oxygen atoms in total. The number of anilines is 2. The van der Waals surface area contributed by atoms with Gasteiger partial charge in [-0.25, -0.2) is 4.79 Å². The average Bonchev–Trinajstić information content (AvgIpc) is 2.70. The number of rotatable bonds is 9. The Morgan fingerprint density at radius 2 is 1.72 bits per heavy atom. The van der Waals surface area contributed by atoms with Crippen molar-refractivity contribution in [2.75, 3.05) is 31.0 Å². The third kappa shape index (κ3) is 6.93. The predicted octanol–water partition coefficient (Wildman–Crippen LogP) is 2.99. The van der Waals surface area contributed by atoms with Crippen molar-refractivity contribution in [3.05, 3.63) is 53.6 Å². The number of ether oxygens (including phenoxy) is 3. The zero-order chi connectivity index (χ0) is 21.2. The summed E-state index contributed by atoms with van der Waals surface area (Å²) in [6.45, 7) is 3.64. The molecule has 0 saturated heterocycles. The van der Waals surface area contributed by atoms with E-state index in [0.29, 0.717) is 41.5 Å². The largest absolute Gasteiger partial charge is 0.496 e. The van der Waals surface area contributed by atoms with Crippen molar-refractivity contribution in [3.8, 4) is 5.75 Å². The minimum absolute atomic E-state index is 0.217. The van der Waals surface area contributed by atoms with E-state index in [9.17, 15) is 14.4 Å². The fourth-order valence-corrected chi connectivity index (χ4v) is 2.52. The second-order valence-electron chi connectivity index (χ2n) is 6.05. The Morgan fingerprint density at radius 3 is 2.38 bits per heavy atom. The number of benzene rings is 2. The van der Waals surface area contributed by atoms with Crippen molar-refractivity contribution >= 4 is 29.2 Å². The summed E-state index contributed by atoms with van der Waals surface area (Å²) in [5.74, 6) is -0.744. The first-order chi connectivity index (χ1) is 13.9. The van der Waals surface area contributed by atoms with E-state index >= 15 is 0 Å². The number of hydrogen-bond acceptors (Lipinski definition) is 6. The van der Waals surface area contributed by atoms with Crippen LogP contribution < -0.4 is 15.4 Å². The van der Waals surface area contributed by atoms with Crippen LogP contribution in [0, 0.1) is 0 Å². The number of carbonyl (C=O) groups is 3. The van der Waals surface area contributed by atoms with Gasteiger partial charge in [-0.3, -0.25) is 9.59 Å². The molecule has 29 heavy (non-hydrogen) atoms. The molecule has 0 unspecified atom stereocenters. The molecule has 0 atom stereocenters. The lowest BCUT2D eigenvalue weighted by Gasteiger charge is -2.11. The Hall–Kier alpha value is -3.39. The highest BCUT2D eigenvalue weighted by molar-refractivity contribution is 5.96. The summed E-state index contributed by atoms with van der Waals surface area (Å²) < 4.78 is 15.7. The van der Waals surface area contributed by atoms with Crippen LogP contribution in [0.25, 0.3) is 0 Å². The summed E-state index contributed by atoms with van der Waals surface area (Å²) in [5.41, 5.74) is 2.03. The lowest BCUT2D eigenvalue weighted by Crippen LogP contribution is -2.21. The molecule has 0 aromatic heterocycles. The Bertz CT molecular complexity index is 881. The van der Waals surface area contributed by atoms with E-state index in [0.717, 1.165) is 0 Å². The second-order valence-corrected chi connectivity index (χ2v) is 6.05. The van der Waals surface area contributed by atoms with Crippen LogP contribution in [0.15, 0.2) is 42.5 Å². The highest BCUT2D eigenvalue weighted by Crippen LogP contribution is 2.21. The van der Waals surface area contributed by atoms with E-state index in [-0.39, 0.29) is 5.91 Å². The molecule has 0 spiro atoms. The first-order valence-electron chi connectivity index (χ1n) is 9.02. The van der Waals surface area contributed by atoms with Crippen LogP contribution in [0.4, 0.5) is 11.4 Å². The van der Waals surface area contributed by atoms with Gasteiger partial charge in [0.05, 0.1) is 19.3 Å². The monoisotopic (exact) mass is 400 g/mol. The van der Waals surface area contributed by atoms with Crippen LogP contribution in [0.5, 0.6) is 5.75 Å². The molecule has 0 radical (unpaired) electrons. The first kappa shape index (κ1) is 21.9. The molecular weight excluding hydrogens is 376 g/mol. The molecule has 0 heterocycles. The number of methoxy groups -OCH3 is 1. The number of carbonyl (C=O) groups excluding carboxylic acids is 3. The van der Waals surface area contributed by atoms with E-state index in [4.69, 9.17) is 14.2 Å². The van der Waals surface area contributed by atoms with Crippen molar-refractivity contribution in [1.29, 1.82) is 0 Å². The average molecular weight is 400 g/mol. The van der Waals surface area contributed by atoms with E-state index in [1.165, 1.54) is 14.0 Å². The van der Waals surface area contributed by atoms with Gasteiger partial charge in [-0.05, 0) is 43.3 Å². The predicted molar refractivity (Wildman–Crippen MR) is 108 cm³/mol. The molecule has 0 bridgehead atoms. The second kappa shape index (κ2) is 10.8. The van der Waals surface area contributed by atoms with Crippen LogP contribution in [0.2, 0.25) is 0 Å². The zero-order valence-corrected chi connectivity index (χ0v) is 16.6. The van der Waals surface area contributed by atoms with E-state index in [1.54, 1.807) is 42.5 Å². The van der Waals surface area contributed by atoms with Crippen molar-refractivity contribution in [1.82, 2.24) is 0 Å². The number of amides is 2. The number of hydrogen-bond donors (Lipinski definition) is 2. The third-order valence-corrected chi connectivity index (χ3v) is 3.78. The highest BCUT2D eigenvalue weighted by Gasteiger charge is 2.14. The van der Waals surface area contributed by atoms with E-state index in [2.05, 4.69) is 10.6 Å². The molecule has 8 heteroatoms. The molecule has 0 aliphatic rings. The molecule has 2 aromatic carbocycles. The quantitative estimate of drug-likeness (QED) is 0.628. The topological polar surface area (TPSA) is 103 Å². The molecule has 0 saturated carbocycles. The van der Waals surface area contributed by atoms with Gasteiger partial charge in [0.1, 0.15) is 5.75 Å². The van der Waals surface area contributed by atoms with Crippen molar-refractivity contribution in [2.45, 2.75) is 20.5 Å². The maximum absolute atomic E-state index is 12.3. The summed E-state index contributed by atoms with van der Waals surface area (Å²) >= 11 is 0. The lowest BCUT2D eigenvalue weighted by atomic mass is 10.1. The van der Waals surface area contributed by atoms with Gasteiger partial charge in [0.15, 0.2) is 6.61 Å². The Kier molecular flexibility index (Phi) is 8.17. The first-order valence-corrected chi connectivity index (χ1v) is 9.02. The summed E-state index contributed by atoms with van der Waals surface area (Å²) in [7, 11) is 1.54. The molecule has 0 aliphatic heterocycles. The van der Waals surface area contributed by atoms with Crippen LogP contribution in [-0.2, 0) is 25.7 Å². The Labute approximate surface area is 169 Å². The fourth-order valence-electron chi connectivity index (χ4n) is 2.52. The standard InChI is InChI=1S/C21H24N2O6/c1-4-28-12-16-10-15(8-9-19(16)27-3)21(26)29-13-20(25)23-18-7-5-6-17(11-18)22-14(2)24/h5-11H,4,12-13H2,1-3H3,(H,22,24)(H,23,25). The van der Waals surface area contributed by atoms with Gasteiger partial charge in [-0.15, -0.1) is 0 Å². The highest BCUT2D eigenvalue weighted by atomic mass is 16.5. The number of nitrogens with one attached hydrogen (secondary N) is 2. The third-order valence-electron chi connectivity index (χ3n) is 3.78. The van der Waals surface area contributed by atoms with Gasteiger partial charge in [0.2, 0.25) is 5.91 Å². The summed E-state index contributed by atoms with van der Waals surface area (Å²) in [4.78, 5) is 35.5. The minimum atomic E-state index is -0.632. The molecule has 0 fully saturated rings. The zero-order valence-electron chi connectivity index (χ0n) is 16.6. The van der Waals surface area contributed by atoms with Crippen LogP contribution in [-0.4, -0.2) is 38.1 Å². The fraction of sp³-hybridized carbons (Fsp3) is 0.286. The Morgan fingerprint density at radius 1 is 1.00 bits per heavy atom. The van der Waals surface area contributed by atoms with Gasteiger partial charge in [0.25, 0.3) is 5.91 Å². The van der Waals surface area contributed by atoms with Crippen LogP contribution in [0.1, 0.15) is 29.8 Å². The number of esters is 1. The van der Waals surface area contributed by atoms with Gasteiger partial charge in [0, 0.05) is 30.5 Å². The van der Waals surface area contributed by atoms with Crippen molar-refractivity contribution < 1.29 is 28.6 Å². The molecule has 0 aliphatic carbocycles. The van der Waals surface area contributed by atoms with Crippen LogP contribution in [0.3, 0.4) is 0 Å². The minimum Gasteiger partial charge on any atom is -0.496 e. The summed E-state index contributed by atoms with van der Waals surface area (Å²) in [6, 6.07) is 11.5. The SMILES string of the molecule is CCOCc1cc(C(=O)OCC(=O)Nc2cccc(NC(C)=O)c2)ccc1OC. The summed E-state index contributed by atoms with van der Waals surface area (Å²) in [5, 5.41) is 5.24. The van der Waals surface area contributed by atoms with Crippen molar-refractivity contribution in [3.63, 3.8) is 0 Å².